The zero-order valence-electron chi connectivity index (χ0n) is 13.4. The Balaban J connectivity index is 1.60. The van der Waals surface area contributed by atoms with Gasteiger partial charge in [-0.05, 0) is 48.4 Å². The van der Waals surface area contributed by atoms with E-state index in [-0.39, 0.29) is 11.7 Å². The summed E-state index contributed by atoms with van der Waals surface area (Å²) >= 11 is 3.50. The van der Waals surface area contributed by atoms with Crippen LogP contribution in [0.25, 0.3) is 0 Å². The molecule has 2 aromatic rings. The molecular formula is C19H20BrFN2O. The van der Waals surface area contributed by atoms with Crippen molar-refractivity contribution in [3.63, 3.8) is 0 Å². The van der Waals surface area contributed by atoms with Crippen molar-refractivity contribution in [2.75, 3.05) is 26.2 Å². The van der Waals surface area contributed by atoms with Gasteiger partial charge in [0.25, 0.3) is 5.91 Å². The Labute approximate surface area is 150 Å². The van der Waals surface area contributed by atoms with Gasteiger partial charge in [0.15, 0.2) is 0 Å². The Morgan fingerprint density at radius 1 is 1.04 bits per heavy atom. The fourth-order valence-electron chi connectivity index (χ4n) is 3.00. The number of hydrogen-bond acceptors (Lipinski definition) is 2. The lowest BCUT2D eigenvalue weighted by molar-refractivity contribution is 0.0761. The van der Waals surface area contributed by atoms with Gasteiger partial charge in [0.1, 0.15) is 5.82 Å². The first kappa shape index (κ1) is 17.1. The molecule has 5 heteroatoms. The van der Waals surface area contributed by atoms with Crippen LogP contribution in [0.15, 0.2) is 53.0 Å². The molecule has 1 amide bonds. The molecule has 1 aliphatic rings. The van der Waals surface area contributed by atoms with Crippen LogP contribution in [0.3, 0.4) is 0 Å². The Kier molecular flexibility index (Phi) is 5.63. The highest BCUT2D eigenvalue weighted by atomic mass is 79.9. The number of halogens is 2. The molecule has 0 saturated carbocycles. The second-order valence-corrected chi connectivity index (χ2v) is 6.97. The molecule has 24 heavy (non-hydrogen) atoms. The summed E-state index contributed by atoms with van der Waals surface area (Å²) in [4.78, 5) is 16.8. The van der Waals surface area contributed by atoms with Crippen LogP contribution >= 0.6 is 15.9 Å². The summed E-state index contributed by atoms with van der Waals surface area (Å²) in [5.41, 5.74) is 1.82. The van der Waals surface area contributed by atoms with Crippen LogP contribution in [0.4, 0.5) is 4.39 Å². The molecule has 1 saturated heterocycles. The molecule has 0 aliphatic carbocycles. The lowest BCUT2D eigenvalue weighted by atomic mass is 10.2. The topological polar surface area (TPSA) is 23.6 Å². The van der Waals surface area contributed by atoms with Gasteiger partial charge in [-0.15, -0.1) is 0 Å². The first-order chi connectivity index (χ1) is 11.6. The van der Waals surface area contributed by atoms with E-state index in [1.54, 1.807) is 12.1 Å². The van der Waals surface area contributed by atoms with Crippen LogP contribution < -0.4 is 0 Å². The van der Waals surface area contributed by atoms with E-state index >= 15 is 0 Å². The number of rotatable bonds is 3. The fourth-order valence-corrected chi connectivity index (χ4v) is 3.45. The van der Waals surface area contributed by atoms with Gasteiger partial charge in [-0.1, -0.05) is 28.1 Å². The van der Waals surface area contributed by atoms with E-state index in [9.17, 15) is 9.18 Å². The molecule has 0 unspecified atom stereocenters. The first-order valence-electron chi connectivity index (χ1n) is 8.13. The minimum absolute atomic E-state index is 0.0145. The molecule has 3 rings (SSSR count). The molecule has 0 aromatic heterocycles. The Bertz CT molecular complexity index is 705. The summed E-state index contributed by atoms with van der Waals surface area (Å²) in [6.07, 6.45) is 0.945. The highest BCUT2D eigenvalue weighted by molar-refractivity contribution is 9.10. The van der Waals surface area contributed by atoms with E-state index in [1.165, 1.54) is 17.7 Å². The number of hydrogen-bond donors (Lipinski definition) is 0. The monoisotopic (exact) mass is 390 g/mol. The average molecular weight is 391 g/mol. The summed E-state index contributed by atoms with van der Waals surface area (Å²) in [7, 11) is 0. The Morgan fingerprint density at radius 3 is 2.58 bits per heavy atom. The fraction of sp³-hybridized carbons (Fsp3) is 0.316. The highest BCUT2D eigenvalue weighted by Crippen LogP contribution is 2.15. The van der Waals surface area contributed by atoms with E-state index in [0.717, 1.165) is 37.1 Å². The highest BCUT2D eigenvalue weighted by Gasteiger charge is 2.20. The minimum atomic E-state index is -0.317. The molecular weight excluding hydrogens is 371 g/mol. The quantitative estimate of drug-likeness (QED) is 0.792. The van der Waals surface area contributed by atoms with Crippen molar-refractivity contribution in [2.24, 2.45) is 0 Å². The van der Waals surface area contributed by atoms with Crippen molar-refractivity contribution < 1.29 is 9.18 Å². The molecule has 1 heterocycles. The number of benzene rings is 2. The second kappa shape index (κ2) is 7.90. The molecule has 1 aliphatic heterocycles. The summed E-state index contributed by atoms with van der Waals surface area (Å²) in [6, 6.07) is 14.1. The van der Waals surface area contributed by atoms with Gasteiger partial charge in [0.05, 0.1) is 0 Å². The standard InChI is InChI=1S/C19H20BrFN2O/c20-17-4-1-3-15(13-17)14-22-9-2-10-23(12-11-22)19(24)16-5-7-18(21)8-6-16/h1,3-8,13H,2,9-12,14H2. The Hall–Kier alpha value is -1.72. The molecule has 0 atom stereocenters. The van der Waals surface area contributed by atoms with E-state index < -0.39 is 0 Å². The maximum Gasteiger partial charge on any atom is 0.253 e. The molecule has 2 aromatic carbocycles. The van der Waals surface area contributed by atoms with Gasteiger partial charge >= 0.3 is 0 Å². The number of nitrogens with zero attached hydrogens (tertiary/aromatic N) is 2. The van der Waals surface area contributed by atoms with Crippen molar-refractivity contribution in [1.29, 1.82) is 0 Å². The zero-order chi connectivity index (χ0) is 16.9. The van der Waals surface area contributed by atoms with E-state index in [1.807, 2.05) is 17.0 Å². The third kappa shape index (κ3) is 4.42. The van der Waals surface area contributed by atoms with Crippen molar-refractivity contribution >= 4 is 21.8 Å². The predicted octanol–water partition coefficient (Wildman–Crippen LogP) is 3.94. The van der Waals surface area contributed by atoms with Crippen molar-refractivity contribution in [3.05, 3.63) is 69.9 Å². The molecule has 3 nitrogen and oxygen atoms in total. The van der Waals surface area contributed by atoms with Crippen LogP contribution in [0.5, 0.6) is 0 Å². The third-order valence-electron chi connectivity index (χ3n) is 4.26. The minimum Gasteiger partial charge on any atom is -0.337 e. The van der Waals surface area contributed by atoms with Gasteiger partial charge in [-0.3, -0.25) is 9.69 Å². The summed E-state index contributed by atoms with van der Waals surface area (Å²) < 4.78 is 14.1. The van der Waals surface area contributed by atoms with Crippen molar-refractivity contribution in [1.82, 2.24) is 9.80 Å². The van der Waals surface area contributed by atoms with Gasteiger partial charge in [0, 0.05) is 42.8 Å². The third-order valence-corrected chi connectivity index (χ3v) is 4.76. The van der Waals surface area contributed by atoms with Crippen LogP contribution in [-0.4, -0.2) is 41.9 Å². The Morgan fingerprint density at radius 2 is 1.83 bits per heavy atom. The largest absolute Gasteiger partial charge is 0.337 e. The second-order valence-electron chi connectivity index (χ2n) is 6.06. The normalized spacial score (nSPS) is 16.0. The summed E-state index contributed by atoms with van der Waals surface area (Å²) in [5.74, 6) is -0.332. The summed E-state index contributed by atoms with van der Waals surface area (Å²) in [6.45, 7) is 4.15. The van der Waals surface area contributed by atoms with Crippen LogP contribution in [0.2, 0.25) is 0 Å². The van der Waals surface area contributed by atoms with Gasteiger partial charge < -0.3 is 4.90 Å². The molecule has 1 fully saturated rings. The van der Waals surface area contributed by atoms with E-state index in [0.29, 0.717) is 12.1 Å². The zero-order valence-corrected chi connectivity index (χ0v) is 15.0. The molecule has 0 radical (unpaired) electrons. The predicted molar refractivity (Wildman–Crippen MR) is 96.3 cm³/mol. The lowest BCUT2D eigenvalue weighted by Crippen LogP contribution is -2.35. The van der Waals surface area contributed by atoms with Crippen molar-refractivity contribution in [3.8, 4) is 0 Å². The van der Waals surface area contributed by atoms with Gasteiger partial charge in [-0.2, -0.15) is 0 Å². The van der Waals surface area contributed by atoms with Gasteiger partial charge in [-0.25, -0.2) is 4.39 Å². The molecule has 0 bridgehead atoms. The van der Waals surface area contributed by atoms with Crippen LogP contribution in [0, 0.1) is 5.82 Å². The number of carbonyl (C=O) groups excluding carboxylic acids is 1. The lowest BCUT2D eigenvalue weighted by Gasteiger charge is -2.22. The number of carbonyl (C=O) groups is 1. The molecule has 0 spiro atoms. The van der Waals surface area contributed by atoms with Crippen LogP contribution in [0.1, 0.15) is 22.3 Å². The first-order valence-corrected chi connectivity index (χ1v) is 8.93. The molecule has 0 N–H and O–H groups in total. The van der Waals surface area contributed by atoms with Crippen molar-refractivity contribution in [2.45, 2.75) is 13.0 Å². The SMILES string of the molecule is O=C(c1ccc(F)cc1)N1CCCN(Cc2cccc(Br)c2)CC1. The van der Waals surface area contributed by atoms with Crippen LogP contribution in [-0.2, 0) is 6.54 Å². The average Bonchev–Trinajstić information content (AvgIpc) is 2.81. The maximum absolute atomic E-state index is 13.0. The van der Waals surface area contributed by atoms with E-state index in [2.05, 4.69) is 33.0 Å². The summed E-state index contributed by atoms with van der Waals surface area (Å²) in [5, 5.41) is 0. The smallest absolute Gasteiger partial charge is 0.253 e. The van der Waals surface area contributed by atoms with Gasteiger partial charge in [0.2, 0.25) is 0 Å². The number of amides is 1. The maximum atomic E-state index is 13.0. The molecule has 126 valence electrons. The van der Waals surface area contributed by atoms with E-state index in [4.69, 9.17) is 0 Å².